The number of ether oxygens (including phenoxy) is 1. The van der Waals surface area contributed by atoms with Crippen LogP contribution < -0.4 is 5.32 Å². The van der Waals surface area contributed by atoms with Gasteiger partial charge in [-0.1, -0.05) is 340 Å². The highest BCUT2D eigenvalue weighted by atomic mass is 16.5. The molecular formula is C73H141NO5. The van der Waals surface area contributed by atoms with Gasteiger partial charge in [-0.15, -0.1) is 0 Å². The highest BCUT2D eigenvalue weighted by Gasteiger charge is 2.20. The summed E-state index contributed by atoms with van der Waals surface area (Å²) in [5.41, 5.74) is 0. The first kappa shape index (κ1) is 77.3. The Kier molecular flexibility index (Phi) is 67.4. The summed E-state index contributed by atoms with van der Waals surface area (Å²) in [5.74, 6) is -0.0194. The van der Waals surface area contributed by atoms with Crippen LogP contribution in [0.25, 0.3) is 0 Å². The molecule has 2 unspecified atom stereocenters. The third-order valence-electron chi connectivity index (χ3n) is 17.0. The Morgan fingerprint density at radius 3 is 0.899 bits per heavy atom. The average Bonchev–Trinajstić information content (AvgIpc) is 3.45. The average molecular weight is 1110 g/mol. The zero-order valence-electron chi connectivity index (χ0n) is 53.6. The van der Waals surface area contributed by atoms with Crippen molar-refractivity contribution in [3.8, 4) is 0 Å². The number of nitrogens with one attached hydrogen (secondary N) is 1. The summed E-state index contributed by atoms with van der Waals surface area (Å²) in [7, 11) is 0. The minimum Gasteiger partial charge on any atom is -0.466 e. The molecule has 468 valence electrons. The number of carbonyl (C=O) groups excluding carboxylic acids is 2. The largest absolute Gasteiger partial charge is 0.466 e. The maximum absolute atomic E-state index is 12.5. The highest BCUT2D eigenvalue weighted by Crippen LogP contribution is 2.19. The maximum Gasteiger partial charge on any atom is 0.305 e. The van der Waals surface area contributed by atoms with E-state index in [0.717, 1.165) is 44.9 Å². The molecule has 0 saturated heterocycles. The van der Waals surface area contributed by atoms with Crippen LogP contribution in [0.2, 0.25) is 0 Å². The molecule has 0 saturated carbocycles. The van der Waals surface area contributed by atoms with Gasteiger partial charge in [0.2, 0.25) is 5.91 Å². The Bertz CT molecular complexity index is 1230. The van der Waals surface area contributed by atoms with Gasteiger partial charge in [0.25, 0.3) is 0 Å². The van der Waals surface area contributed by atoms with E-state index in [9.17, 15) is 19.8 Å². The number of unbranched alkanes of at least 4 members (excludes halogenated alkanes) is 53. The fraction of sp³-hybridized carbons (Fsp3) is 0.918. The number of aliphatic hydroxyl groups excluding tert-OH is 2. The third kappa shape index (κ3) is 65.4. The van der Waals surface area contributed by atoms with Crippen LogP contribution in [0.1, 0.15) is 406 Å². The van der Waals surface area contributed by atoms with E-state index in [-0.39, 0.29) is 18.5 Å². The number of hydrogen-bond donors (Lipinski definition) is 3. The summed E-state index contributed by atoms with van der Waals surface area (Å²) < 4.78 is 5.49. The standard InChI is InChI=1S/C73H141NO5/c1-3-5-7-9-11-13-15-17-19-35-38-41-45-49-53-57-61-65-71(76)70(69-75)74-72(77)66-62-58-54-50-46-42-39-36-33-31-29-27-25-23-21-20-22-24-26-28-30-32-34-37-40-44-48-52-56-60-64-68-79-73(78)67-63-59-55-51-47-43-18-16-14-12-10-8-6-4-2/h16,18,22,24,70-71,75-76H,3-15,17,19-21,23,25-69H2,1-2H3,(H,74,77)/b18-16-,24-22-. The number of esters is 1. The molecule has 0 aliphatic carbocycles. The number of hydrogen-bond acceptors (Lipinski definition) is 5. The van der Waals surface area contributed by atoms with Gasteiger partial charge in [0.05, 0.1) is 25.4 Å². The normalized spacial score (nSPS) is 12.6. The van der Waals surface area contributed by atoms with Gasteiger partial charge in [-0.05, 0) is 77.0 Å². The molecule has 0 aromatic carbocycles. The van der Waals surface area contributed by atoms with E-state index in [0.29, 0.717) is 25.9 Å². The molecule has 6 heteroatoms. The topological polar surface area (TPSA) is 95.9 Å². The summed E-state index contributed by atoms with van der Waals surface area (Å²) >= 11 is 0. The van der Waals surface area contributed by atoms with Crippen molar-refractivity contribution in [1.82, 2.24) is 5.32 Å². The highest BCUT2D eigenvalue weighted by molar-refractivity contribution is 5.76. The number of rotatable bonds is 68. The molecule has 0 spiro atoms. The molecular weight excluding hydrogens is 971 g/mol. The predicted octanol–water partition coefficient (Wildman–Crippen LogP) is 23.3. The van der Waals surface area contributed by atoms with Crippen molar-refractivity contribution in [2.75, 3.05) is 13.2 Å². The SMILES string of the molecule is CCCCCCC/C=C\CCCCCCCC(=O)OCCCCCCCCCCCCCC/C=C\CCCCCCCCCCCCCCCCCC(=O)NC(CO)C(O)CCCCCCCCCCCCCCCCCCC. The van der Waals surface area contributed by atoms with Gasteiger partial charge >= 0.3 is 5.97 Å². The first-order chi connectivity index (χ1) is 39.0. The molecule has 0 rings (SSSR count). The fourth-order valence-corrected chi connectivity index (χ4v) is 11.5. The summed E-state index contributed by atoms with van der Waals surface area (Å²) in [6, 6.07) is -0.540. The lowest BCUT2D eigenvalue weighted by atomic mass is 10.0. The second-order valence-corrected chi connectivity index (χ2v) is 24.9. The van der Waals surface area contributed by atoms with Crippen molar-refractivity contribution >= 4 is 11.9 Å². The Balaban J connectivity index is 3.36. The molecule has 1 amide bonds. The number of aliphatic hydroxyl groups is 2. The quantitative estimate of drug-likeness (QED) is 0.0320. The first-order valence-electron chi connectivity index (χ1n) is 36.1. The molecule has 0 bridgehead atoms. The van der Waals surface area contributed by atoms with Gasteiger partial charge in [-0.3, -0.25) is 9.59 Å². The van der Waals surface area contributed by atoms with E-state index in [2.05, 4.69) is 43.5 Å². The lowest BCUT2D eigenvalue weighted by molar-refractivity contribution is -0.143. The van der Waals surface area contributed by atoms with Crippen LogP contribution in [0.5, 0.6) is 0 Å². The smallest absolute Gasteiger partial charge is 0.305 e. The minimum atomic E-state index is -0.663. The molecule has 0 aromatic rings. The van der Waals surface area contributed by atoms with Crippen LogP contribution in [0, 0.1) is 0 Å². The van der Waals surface area contributed by atoms with Crippen LogP contribution in [-0.2, 0) is 14.3 Å². The molecule has 0 radical (unpaired) electrons. The van der Waals surface area contributed by atoms with Gasteiger partial charge in [0, 0.05) is 12.8 Å². The zero-order valence-corrected chi connectivity index (χ0v) is 53.6. The maximum atomic E-state index is 12.5. The molecule has 0 aliphatic heterocycles. The van der Waals surface area contributed by atoms with E-state index in [4.69, 9.17) is 4.74 Å². The van der Waals surface area contributed by atoms with E-state index in [1.54, 1.807) is 0 Å². The van der Waals surface area contributed by atoms with Gasteiger partial charge in [0.1, 0.15) is 0 Å². The monoisotopic (exact) mass is 1110 g/mol. The van der Waals surface area contributed by atoms with E-state index >= 15 is 0 Å². The number of carbonyl (C=O) groups is 2. The van der Waals surface area contributed by atoms with Gasteiger partial charge in [-0.2, -0.15) is 0 Å². The van der Waals surface area contributed by atoms with Crippen LogP contribution in [0.3, 0.4) is 0 Å². The van der Waals surface area contributed by atoms with Crippen LogP contribution in [0.4, 0.5) is 0 Å². The lowest BCUT2D eigenvalue weighted by Crippen LogP contribution is -2.45. The molecule has 2 atom stereocenters. The summed E-state index contributed by atoms with van der Waals surface area (Å²) in [6.07, 6.45) is 86.6. The van der Waals surface area contributed by atoms with Gasteiger partial charge < -0.3 is 20.3 Å². The van der Waals surface area contributed by atoms with E-state index in [1.807, 2.05) is 0 Å². The summed E-state index contributed by atoms with van der Waals surface area (Å²) in [4.78, 5) is 24.6. The van der Waals surface area contributed by atoms with Crippen molar-refractivity contribution in [3.63, 3.8) is 0 Å². The number of allylic oxidation sites excluding steroid dienone is 4. The van der Waals surface area contributed by atoms with E-state index in [1.165, 1.54) is 327 Å². The molecule has 0 aromatic heterocycles. The number of amides is 1. The summed E-state index contributed by atoms with van der Waals surface area (Å²) in [5, 5.41) is 23.4. The molecule has 6 nitrogen and oxygen atoms in total. The van der Waals surface area contributed by atoms with Crippen LogP contribution in [-0.4, -0.2) is 47.4 Å². The fourth-order valence-electron chi connectivity index (χ4n) is 11.5. The van der Waals surface area contributed by atoms with Crippen molar-refractivity contribution in [2.45, 2.75) is 418 Å². The van der Waals surface area contributed by atoms with Crippen molar-refractivity contribution in [1.29, 1.82) is 0 Å². The summed E-state index contributed by atoms with van der Waals surface area (Å²) in [6.45, 7) is 4.98. The molecule has 0 aliphatic rings. The second-order valence-electron chi connectivity index (χ2n) is 24.9. The lowest BCUT2D eigenvalue weighted by Gasteiger charge is -2.22. The van der Waals surface area contributed by atoms with Crippen LogP contribution in [0.15, 0.2) is 24.3 Å². The predicted molar refractivity (Wildman–Crippen MR) is 347 cm³/mol. The van der Waals surface area contributed by atoms with Crippen LogP contribution >= 0.6 is 0 Å². The van der Waals surface area contributed by atoms with Gasteiger partial charge in [0.15, 0.2) is 0 Å². The molecule has 0 heterocycles. The van der Waals surface area contributed by atoms with E-state index < -0.39 is 12.1 Å². The van der Waals surface area contributed by atoms with Crippen molar-refractivity contribution in [3.05, 3.63) is 24.3 Å². The zero-order chi connectivity index (χ0) is 57.1. The minimum absolute atomic E-state index is 0.00978. The molecule has 0 fully saturated rings. The first-order valence-corrected chi connectivity index (χ1v) is 36.1. The van der Waals surface area contributed by atoms with Crippen molar-refractivity contribution < 1.29 is 24.5 Å². The van der Waals surface area contributed by atoms with Gasteiger partial charge in [-0.25, -0.2) is 0 Å². The second kappa shape index (κ2) is 68.8. The Morgan fingerprint density at radius 1 is 0.342 bits per heavy atom. The third-order valence-corrected chi connectivity index (χ3v) is 17.0. The molecule has 79 heavy (non-hydrogen) atoms. The van der Waals surface area contributed by atoms with Crippen molar-refractivity contribution in [2.24, 2.45) is 0 Å². The Hall–Kier alpha value is -1.66. The Morgan fingerprint density at radius 2 is 0.595 bits per heavy atom. The Labute approximate surface area is 494 Å². The molecule has 3 N–H and O–H groups in total.